The molecule has 1 aromatic carbocycles. The van der Waals surface area contributed by atoms with Crippen LogP contribution in [0.1, 0.15) is 106 Å². The predicted octanol–water partition coefficient (Wildman–Crippen LogP) is 6.39. The number of ether oxygens (including phenoxy) is 4. The number of carbonyl (C=O) groups is 3. The van der Waals surface area contributed by atoms with Crippen LogP contribution in [-0.2, 0) is 25.5 Å². The Labute approximate surface area is 284 Å². The number of amides is 2. The molecule has 1 aromatic heterocycles. The molecule has 264 valence electrons. The molecule has 6 atom stereocenters. The molecule has 2 bridgehead atoms. The molecule has 3 aliphatic rings. The smallest absolute Gasteiger partial charge is 0.408 e. The minimum Gasteiger partial charge on any atom is -0.497 e. The van der Waals surface area contributed by atoms with Gasteiger partial charge in [-0.1, -0.05) is 40.5 Å². The number of benzene rings is 1. The van der Waals surface area contributed by atoms with Crippen LogP contribution in [0.15, 0.2) is 18.2 Å². The van der Waals surface area contributed by atoms with Crippen molar-refractivity contribution in [3.8, 4) is 11.6 Å². The SMILES string of the molecule is CCC1C2CN(C(=O)C(C(C)(C)C)NC(=O)OC3CCCC3CCCCCc3nc4ccc(OC)cc4nc3O2)C1C(=O)OC(C)(C)C. The molecule has 1 aliphatic carbocycles. The van der Waals surface area contributed by atoms with Gasteiger partial charge in [0.1, 0.15) is 41.3 Å². The number of fused-ring (bicyclic) bond motifs is 5. The molecule has 11 heteroatoms. The van der Waals surface area contributed by atoms with Gasteiger partial charge in [-0.25, -0.2) is 19.6 Å². The van der Waals surface area contributed by atoms with Gasteiger partial charge in [0.05, 0.1) is 24.7 Å². The van der Waals surface area contributed by atoms with Crippen LogP contribution >= 0.6 is 0 Å². The summed E-state index contributed by atoms with van der Waals surface area (Å²) in [5.74, 6) is 0.0806. The van der Waals surface area contributed by atoms with Crippen molar-refractivity contribution in [2.45, 2.75) is 136 Å². The standard InChI is InChI=1S/C37H54N4O7/c1-9-24-29-21-41(30(24)34(43)48-37(5,6)7)33(42)31(36(2,3)4)40-35(44)47-28-17-13-15-22(28)14-11-10-12-16-26-32(46-29)39-27-20-23(45-8)18-19-25(27)38-26/h18-20,22,24,28-31H,9-17,21H2,1-8H3,(H,40,44). The Kier molecular flexibility index (Phi) is 10.7. The zero-order valence-electron chi connectivity index (χ0n) is 30.0. The zero-order chi connectivity index (χ0) is 34.8. The second kappa shape index (κ2) is 14.5. The summed E-state index contributed by atoms with van der Waals surface area (Å²) < 4.78 is 24.1. The fraction of sp³-hybridized carbons (Fsp3) is 0.703. The molecule has 3 heterocycles. The molecule has 1 N–H and O–H groups in total. The normalized spacial score (nSPS) is 27.5. The summed E-state index contributed by atoms with van der Waals surface area (Å²) in [7, 11) is 1.61. The lowest BCUT2D eigenvalue weighted by Gasteiger charge is -2.36. The maximum absolute atomic E-state index is 14.6. The molecule has 11 nitrogen and oxygen atoms in total. The molecule has 48 heavy (non-hydrogen) atoms. The fourth-order valence-corrected chi connectivity index (χ4v) is 7.43. The average Bonchev–Trinajstić information content (AvgIpc) is 3.61. The number of hydrogen-bond acceptors (Lipinski definition) is 9. The Bertz CT molecular complexity index is 1480. The summed E-state index contributed by atoms with van der Waals surface area (Å²) in [5.41, 5.74) is 0.692. The van der Waals surface area contributed by atoms with Gasteiger partial charge in [-0.15, -0.1) is 0 Å². The van der Waals surface area contributed by atoms with E-state index in [0.717, 1.165) is 56.2 Å². The molecule has 0 spiro atoms. The minimum absolute atomic E-state index is 0.118. The molecule has 0 radical (unpaired) electrons. The van der Waals surface area contributed by atoms with Crippen molar-refractivity contribution >= 4 is 29.0 Å². The van der Waals surface area contributed by atoms with Crippen LogP contribution in [0, 0.1) is 17.3 Å². The van der Waals surface area contributed by atoms with E-state index in [9.17, 15) is 14.4 Å². The van der Waals surface area contributed by atoms with Crippen LogP contribution in [-0.4, -0.2) is 76.4 Å². The lowest BCUT2D eigenvalue weighted by molar-refractivity contribution is -0.165. The van der Waals surface area contributed by atoms with Crippen LogP contribution in [0.4, 0.5) is 4.79 Å². The Balaban J connectivity index is 1.58. The predicted molar refractivity (Wildman–Crippen MR) is 182 cm³/mol. The van der Waals surface area contributed by atoms with Crippen molar-refractivity contribution in [2.75, 3.05) is 13.7 Å². The summed E-state index contributed by atoms with van der Waals surface area (Å²) in [5, 5.41) is 2.91. The number of esters is 1. The zero-order valence-corrected chi connectivity index (χ0v) is 30.0. The van der Waals surface area contributed by atoms with Gasteiger partial charge in [-0.05, 0) is 89.2 Å². The van der Waals surface area contributed by atoms with Crippen LogP contribution in [0.25, 0.3) is 11.0 Å². The Morgan fingerprint density at radius 2 is 1.71 bits per heavy atom. The molecule has 1 saturated heterocycles. The van der Waals surface area contributed by atoms with E-state index in [1.54, 1.807) is 12.0 Å². The minimum atomic E-state index is -0.951. The van der Waals surface area contributed by atoms with Crippen molar-refractivity contribution in [3.05, 3.63) is 23.9 Å². The summed E-state index contributed by atoms with van der Waals surface area (Å²) in [6, 6.07) is 3.73. The van der Waals surface area contributed by atoms with Crippen molar-refractivity contribution in [1.82, 2.24) is 20.2 Å². The van der Waals surface area contributed by atoms with E-state index in [1.807, 2.05) is 66.7 Å². The quantitative estimate of drug-likeness (QED) is 0.371. The second-order valence-electron chi connectivity index (χ2n) is 15.7. The number of rotatable bonds is 3. The van der Waals surface area contributed by atoms with Gasteiger partial charge in [0.2, 0.25) is 11.8 Å². The van der Waals surface area contributed by atoms with Gasteiger partial charge in [-0.3, -0.25) is 4.79 Å². The van der Waals surface area contributed by atoms with Crippen LogP contribution < -0.4 is 14.8 Å². The second-order valence-corrected chi connectivity index (χ2v) is 15.7. The largest absolute Gasteiger partial charge is 0.497 e. The van der Waals surface area contributed by atoms with Crippen molar-refractivity contribution in [1.29, 1.82) is 0 Å². The van der Waals surface area contributed by atoms with Gasteiger partial charge in [0.15, 0.2) is 0 Å². The molecule has 2 aromatic rings. The monoisotopic (exact) mass is 666 g/mol. The highest BCUT2D eigenvalue weighted by Crippen LogP contribution is 2.37. The topological polar surface area (TPSA) is 129 Å². The van der Waals surface area contributed by atoms with E-state index in [-0.39, 0.29) is 24.5 Å². The first-order chi connectivity index (χ1) is 22.7. The maximum atomic E-state index is 14.6. The molecular formula is C37H54N4O7. The third-order valence-corrected chi connectivity index (χ3v) is 9.88. The third-order valence-electron chi connectivity index (χ3n) is 9.88. The van der Waals surface area contributed by atoms with E-state index in [2.05, 4.69) is 5.32 Å². The lowest BCUT2D eigenvalue weighted by Crippen LogP contribution is -2.58. The number of carbonyl (C=O) groups excluding carboxylic acids is 3. The Morgan fingerprint density at radius 1 is 0.958 bits per heavy atom. The molecule has 2 fully saturated rings. The first-order valence-electron chi connectivity index (χ1n) is 17.7. The van der Waals surface area contributed by atoms with Gasteiger partial charge in [-0.2, -0.15) is 0 Å². The van der Waals surface area contributed by atoms with Crippen LogP contribution in [0.5, 0.6) is 11.6 Å². The maximum Gasteiger partial charge on any atom is 0.408 e. The fourth-order valence-electron chi connectivity index (χ4n) is 7.43. The third kappa shape index (κ3) is 8.14. The Morgan fingerprint density at radius 3 is 2.40 bits per heavy atom. The molecule has 2 amide bonds. The number of methoxy groups -OCH3 is 1. The first kappa shape index (κ1) is 35.7. The summed E-state index contributed by atoms with van der Waals surface area (Å²) in [6.07, 6.45) is 6.57. The van der Waals surface area contributed by atoms with E-state index >= 15 is 0 Å². The van der Waals surface area contributed by atoms with Crippen molar-refractivity contribution in [2.24, 2.45) is 17.3 Å². The van der Waals surface area contributed by atoms with E-state index < -0.39 is 47.2 Å². The van der Waals surface area contributed by atoms with E-state index in [4.69, 9.17) is 28.9 Å². The summed E-state index contributed by atoms with van der Waals surface area (Å²) in [6.45, 7) is 13.2. The molecule has 2 aliphatic heterocycles. The number of alkyl carbamates (subject to hydrolysis) is 1. The number of aryl methyl sites for hydroxylation is 1. The molecule has 1 saturated carbocycles. The van der Waals surface area contributed by atoms with Crippen molar-refractivity contribution < 1.29 is 33.3 Å². The Hall–Kier alpha value is -3.63. The first-order valence-corrected chi connectivity index (χ1v) is 17.7. The van der Waals surface area contributed by atoms with Crippen LogP contribution in [0.3, 0.4) is 0 Å². The van der Waals surface area contributed by atoms with E-state index in [0.29, 0.717) is 30.0 Å². The lowest BCUT2D eigenvalue weighted by atomic mass is 9.85. The number of nitrogens with zero attached hydrogens (tertiary/aromatic N) is 3. The number of hydrogen-bond donors (Lipinski definition) is 1. The van der Waals surface area contributed by atoms with Gasteiger partial charge < -0.3 is 29.2 Å². The molecule has 6 unspecified atom stereocenters. The highest BCUT2D eigenvalue weighted by atomic mass is 16.6. The van der Waals surface area contributed by atoms with Crippen molar-refractivity contribution in [3.63, 3.8) is 0 Å². The highest BCUT2D eigenvalue weighted by Gasteiger charge is 2.52. The average molecular weight is 667 g/mol. The summed E-state index contributed by atoms with van der Waals surface area (Å²) in [4.78, 5) is 53.4. The molecular weight excluding hydrogens is 612 g/mol. The van der Waals surface area contributed by atoms with E-state index in [1.165, 1.54) is 0 Å². The highest BCUT2D eigenvalue weighted by molar-refractivity contribution is 5.91. The summed E-state index contributed by atoms with van der Waals surface area (Å²) >= 11 is 0. The number of nitrogens with one attached hydrogen (secondary N) is 1. The molecule has 5 rings (SSSR count). The van der Waals surface area contributed by atoms with Gasteiger partial charge in [0.25, 0.3) is 0 Å². The van der Waals surface area contributed by atoms with Gasteiger partial charge in [0, 0.05) is 12.0 Å². The number of aromatic nitrogens is 2. The van der Waals surface area contributed by atoms with Gasteiger partial charge >= 0.3 is 12.1 Å². The van der Waals surface area contributed by atoms with Crippen LogP contribution in [0.2, 0.25) is 0 Å².